The van der Waals surface area contributed by atoms with E-state index >= 15 is 0 Å². The van der Waals surface area contributed by atoms with Crippen LogP contribution in [0, 0.1) is 0 Å². The van der Waals surface area contributed by atoms with Crippen molar-refractivity contribution in [2.45, 2.75) is 18.9 Å². The van der Waals surface area contributed by atoms with Gasteiger partial charge >= 0.3 is 0 Å². The Morgan fingerprint density at radius 2 is 2.46 bits per heavy atom. The lowest BCUT2D eigenvalue weighted by Crippen LogP contribution is -2.25. The van der Waals surface area contributed by atoms with Crippen LogP contribution in [-0.2, 0) is 7.05 Å². The third-order valence-corrected chi connectivity index (χ3v) is 2.01. The average Bonchev–Trinajstić information content (AvgIpc) is 2.77. The smallest absolute Gasteiger partial charge is 0.256 e. The minimum atomic E-state index is -0.117. The number of anilines is 1. The number of carbonyl (C=O) groups excluding carboxylic acids is 1. The topological polar surface area (TPSA) is 72.9 Å². The number of carbonyl (C=O) groups is 1. The van der Waals surface area contributed by atoms with Gasteiger partial charge in [0.15, 0.2) is 5.82 Å². The van der Waals surface area contributed by atoms with Crippen molar-refractivity contribution in [3.8, 4) is 0 Å². The molecule has 1 fully saturated rings. The fraction of sp³-hybridized carbons (Fsp3) is 0.500. The predicted molar refractivity (Wildman–Crippen MR) is 48.1 cm³/mol. The highest BCUT2D eigenvalue weighted by atomic mass is 16.1. The Morgan fingerprint density at radius 3 is 2.92 bits per heavy atom. The quantitative estimate of drug-likeness (QED) is 0.667. The molecule has 5 nitrogen and oxygen atoms in total. The molecule has 1 aliphatic rings. The van der Waals surface area contributed by atoms with Crippen LogP contribution in [0.3, 0.4) is 0 Å². The summed E-state index contributed by atoms with van der Waals surface area (Å²) in [5.41, 5.74) is 6.01. The van der Waals surface area contributed by atoms with Gasteiger partial charge in [0.25, 0.3) is 5.91 Å². The standard InChI is InChI=1S/C8H12N4O/c1-12-4-6(7(9)11-12)8(13)10-5-2-3-5/h4-5H,2-3H2,1H3,(H2,9,11)(H,10,13). The molecular formula is C8H12N4O. The first-order valence-electron chi connectivity index (χ1n) is 4.27. The number of aryl methyl sites for hydroxylation is 1. The van der Waals surface area contributed by atoms with E-state index in [-0.39, 0.29) is 5.91 Å². The van der Waals surface area contributed by atoms with Crippen molar-refractivity contribution in [1.82, 2.24) is 15.1 Å². The van der Waals surface area contributed by atoms with Crippen LogP contribution in [-0.4, -0.2) is 21.7 Å². The van der Waals surface area contributed by atoms with Gasteiger partial charge in [-0.2, -0.15) is 5.10 Å². The van der Waals surface area contributed by atoms with E-state index in [0.29, 0.717) is 17.4 Å². The Labute approximate surface area is 75.9 Å². The van der Waals surface area contributed by atoms with Crippen LogP contribution < -0.4 is 11.1 Å². The number of amides is 1. The molecule has 1 aromatic heterocycles. The fourth-order valence-corrected chi connectivity index (χ4v) is 1.17. The van der Waals surface area contributed by atoms with E-state index in [1.165, 1.54) is 4.68 Å². The van der Waals surface area contributed by atoms with Gasteiger partial charge in [0, 0.05) is 19.3 Å². The highest BCUT2D eigenvalue weighted by Gasteiger charge is 2.25. The van der Waals surface area contributed by atoms with Gasteiger partial charge in [-0.25, -0.2) is 0 Å². The van der Waals surface area contributed by atoms with Crippen LogP contribution in [0.4, 0.5) is 5.82 Å². The highest BCUT2D eigenvalue weighted by molar-refractivity contribution is 5.98. The van der Waals surface area contributed by atoms with Gasteiger partial charge in [-0.1, -0.05) is 0 Å². The minimum absolute atomic E-state index is 0.117. The molecule has 13 heavy (non-hydrogen) atoms. The van der Waals surface area contributed by atoms with Gasteiger partial charge in [0.1, 0.15) is 5.56 Å². The lowest BCUT2D eigenvalue weighted by atomic mass is 10.3. The summed E-state index contributed by atoms with van der Waals surface area (Å²) in [5.74, 6) is 0.175. The molecule has 1 heterocycles. The van der Waals surface area contributed by atoms with E-state index in [2.05, 4.69) is 10.4 Å². The summed E-state index contributed by atoms with van der Waals surface area (Å²) >= 11 is 0. The van der Waals surface area contributed by atoms with Crippen LogP contribution in [0.1, 0.15) is 23.2 Å². The summed E-state index contributed by atoms with van der Waals surface area (Å²) in [6.45, 7) is 0. The SMILES string of the molecule is Cn1cc(C(=O)NC2CC2)c(N)n1. The van der Waals surface area contributed by atoms with Crippen LogP contribution >= 0.6 is 0 Å². The maximum absolute atomic E-state index is 11.5. The van der Waals surface area contributed by atoms with Gasteiger partial charge < -0.3 is 11.1 Å². The predicted octanol–water partition coefficient (Wildman–Crippen LogP) is -0.105. The van der Waals surface area contributed by atoms with Crippen molar-refractivity contribution in [2.24, 2.45) is 7.05 Å². The number of hydrogen-bond donors (Lipinski definition) is 2. The fourth-order valence-electron chi connectivity index (χ4n) is 1.17. The monoisotopic (exact) mass is 180 g/mol. The molecule has 3 N–H and O–H groups in total. The molecule has 1 saturated carbocycles. The van der Waals surface area contributed by atoms with Crippen molar-refractivity contribution in [2.75, 3.05) is 5.73 Å². The number of nitrogens with zero attached hydrogens (tertiary/aromatic N) is 2. The molecular weight excluding hydrogens is 168 g/mol. The van der Waals surface area contributed by atoms with Crippen LogP contribution in [0.25, 0.3) is 0 Å². The molecule has 0 aliphatic heterocycles. The van der Waals surface area contributed by atoms with Gasteiger partial charge in [0.05, 0.1) is 0 Å². The van der Waals surface area contributed by atoms with Crippen molar-refractivity contribution in [3.63, 3.8) is 0 Å². The first-order chi connectivity index (χ1) is 6.16. The largest absolute Gasteiger partial charge is 0.382 e. The van der Waals surface area contributed by atoms with Crippen LogP contribution in [0.15, 0.2) is 6.20 Å². The second kappa shape index (κ2) is 2.76. The molecule has 0 saturated heterocycles. The molecule has 5 heteroatoms. The summed E-state index contributed by atoms with van der Waals surface area (Å²) in [6, 6.07) is 0.354. The summed E-state index contributed by atoms with van der Waals surface area (Å²) in [4.78, 5) is 11.5. The lowest BCUT2D eigenvalue weighted by molar-refractivity contribution is 0.0952. The van der Waals surface area contributed by atoms with Gasteiger partial charge in [-0.3, -0.25) is 9.48 Å². The van der Waals surface area contributed by atoms with Crippen molar-refractivity contribution in [1.29, 1.82) is 0 Å². The van der Waals surface area contributed by atoms with E-state index in [4.69, 9.17) is 5.73 Å². The maximum atomic E-state index is 11.5. The first-order valence-corrected chi connectivity index (χ1v) is 4.27. The molecule has 70 valence electrons. The zero-order chi connectivity index (χ0) is 9.42. The molecule has 0 atom stereocenters. The van der Waals surface area contributed by atoms with E-state index < -0.39 is 0 Å². The number of aromatic nitrogens is 2. The number of nitrogens with two attached hydrogens (primary N) is 1. The summed E-state index contributed by atoms with van der Waals surface area (Å²) in [7, 11) is 1.74. The van der Waals surface area contributed by atoms with E-state index in [1.54, 1.807) is 13.2 Å². The third-order valence-electron chi connectivity index (χ3n) is 2.01. The van der Waals surface area contributed by atoms with E-state index in [0.717, 1.165) is 12.8 Å². The minimum Gasteiger partial charge on any atom is -0.382 e. The average molecular weight is 180 g/mol. The zero-order valence-corrected chi connectivity index (χ0v) is 7.45. The lowest BCUT2D eigenvalue weighted by Gasteiger charge is -1.99. The molecule has 1 amide bonds. The van der Waals surface area contributed by atoms with Crippen molar-refractivity contribution >= 4 is 11.7 Å². The van der Waals surface area contributed by atoms with Gasteiger partial charge in [-0.15, -0.1) is 0 Å². The summed E-state index contributed by atoms with van der Waals surface area (Å²) in [5, 5.41) is 6.75. The molecule has 0 bridgehead atoms. The molecule has 0 unspecified atom stereocenters. The Kier molecular flexibility index (Phi) is 1.72. The molecule has 2 rings (SSSR count). The molecule has 1 aromatic rings. The van der Waals surface area contributed by atoms with Crippen LogP contribution in [0.2, 0.25) is 0 Å². The summed E-state index contributed by atoms with van der Waals surface area (Å²) in [6.07, 6.45) is 3.78. The molecule has 0 aromatic carbocycles. The van der Waals surface area contributed by atoms with Gasteiger partial charge in [0.2, 0.25) is 0 Å². The maximum Gasteiger partial charge on any atom is 0.256 e. The van der Waals surface area contributed by atoms with Crippen LogP contribution in [0.5, 0.6) is 0 Å². The number of nitrogen functional groups attached to an aromatic ring is 1. The Balaban J connectivity index is 2.13. The molecule has 1 aliphatic carbocycles. The number of hydrogen-bond acceptors (Lipinski definition) is 3. The number of nitrogens with one attached hydrogen (secondary N) is 1. The number of rotatable bonds is 2. The zero-order valence-electron chi connectivity index (χ0n) is 7.45. The summed E-state index contributed by atoms with van der Waals surface area (Å²) < 4.78 is 1.54. The van der Waals surface area contributed by atoms with E-state index in [9.17, 15) is 4.79 Å². The molecule has 0 radical (unpaired) electrons. The van der Waals surface area contributed by atoms with Crippen molar-refractivity contribution < 1.29 is 4.79 Å². The molecule has 0 spiro atoms. The first kappa shape index (κ1) is 8.10. The van der Waals surface area contributed by atoms with Crippen molar-refractivity contribution in [3.05, 3.63) is 11.8 Å². The Morgan fingerprint density at radius 1 is 1.77 bits per heavy atom. The second-order valence-electron chi connectivity index (χ2n) is 3.35. The van der Waals surface area contributed by atoms with E-state index in [1.807, 2.05) is 0 Å². The second-order valence-corrected chi connectivity index (χ2v) is 3.35. The Bertz CT molecular complexity index is 340. The normalized spacial score (nSPS) is 15.8. The third kappa shape index (κ3) is 1.63. The highest BCUT2D eigenvalue weighted by Crippen LogP contribution is 2.20. The van der Waals surface area contributed by atoms with Gasteiger partial charge in [-0.05, 0) is 12.8 Å². The Hall–Kier alpha value is -1.52.